The van der Waals surface area contributed by atoms with Crippen molar-refractivity contribution < 1.29 is 4.79 Å². The molecule has 0 aliphatic carbocycles. The lowest BCUT2D eigenvalue weighted by Gasteiger charge is -2.29. The van der Waals surface area contributed by atoms with Crippen LogP contribution in [0.4, 0.5) is 0 Å². The van der Waals surface area contributed by atoms with Crippen molar-refractivity contribution in [3.05, 3.63) is 60.4 Å². The molecule has 4 rings (SSSR count). The summed E-state index contributed by atoms with van der Waals surface area (Å²) >= 11 is 0. The molecule has 3 aromatic rings. The quantitative estimate of drug-likeness (QED) is 0.727. The third kappa shape index (κ3) is 3.43. The summed E-state index contributed by atoms with van der Waals surface area (Å²) in [6.45, 7) is 3.56. The standard InChI is InChI=1S/C20H25N7O/c1-14(15-4-6-17(7-5-15)27-13-22-12-24-27)26(3)20(28)19-10-21-9-18(19)16-8-23-25(2)11-16/h4-8,11-14,18-19,21H,9-10H2,1-3H3/t14?,18-,19+/m1/s1. The molecule has 0 spiro atoms. The zero-order valence-corrected chi connectivity index (χ0v) is 16.4. The molecule has 1 saturated heterocycles. The Morgan fingerprint density at radius 1 is 1.25 bits per heavy atom. The van der Waals surface area contributed by atoms with Crippen molar-refractivity contribution in [1.82, 2.24) is 34.8 Å². The lowest BCUT2D eigenvalue weighted by Crippen LogP contribution is -2.37. The predicted octanol–water partition coefficient (Wildman–Crippen LogP) is 1.52. The Bertz CT molecular complexity index is 932. The fraction of sp³-hybridized carbons (Fsp3) is 0.400. The minimum Gasteiger partial charge on any atom is -0.339 e. The number of hydrogen-bond donors (Lipinski definition) is 1. The van der Waals surface area contributed by atoms with E-state index < -0.39 is 0 Å². The summed E-state index contributed by atoms with van der Waals surface area (Å²) in [5.74, 6) is 0.239. The van der Waals surface area contributed by atoms with E-state index in [4.69, 9.17) is 0 Å². The van der Waals surface area contributed by atoms with Crippen molar-refractivity contribution in [2.24, 2.45) is 13.0 Å². The minimum atomic E-state index is -0.0777. The molecule has 0 saturated carbocycles. The second kappa shape index (κ2) is 7.55. The highest BCUT2D eigenvalue weighted by atomic mass is 16.2. The molecule has 1 unspecified atom stereocenters. The maximum Gasteiger partial charge on any atom is 0.227 e. The molecule has 3 heterocycles. The number of hydrogen-bond acceptors (Lipinski definition) is 5. The molecule has 8 nitrogen and oxygen atoms in total. The van der Waals surface area contributed by atoms with E-state index in [2.05, 4.69) is 27.4 Å². The van der Waals surface area contributed by atoms with E-state index in [1.807, 2.05) is 55.7 Å². The van der Waals surface area contributed by atoms with E-state index >= 15 is 0 Å². The molecule has 1 fully saturated rings. The average molecular weight is 379 g/mol. The van der Waals surface area contributed by atoms with Crippen molar-refractivity contribution in [3.63, 3.8) is 0 Å². The number of carbonyl (C=O) groups excluding carboxylic acids is 1. The molecule has 1 aromatic carbocycles. The maximum atomic E-state index is 13.2. The van der Waals surface area contributed by atoms with Crippen molar-refractivity contribution in [1.29, 1.82) is 0 Å². The monoisotopic (exact) mass is 379 g/mol. The van der Waals surface area contributed by atoms with Crippen LogP contribution in [-0.2, 0) is 11.8 Å². The molecule has 0 bridgehead atoms. The molecular formula is C20H25N7O. The van der Waals surface area contributed by atoms with Gasteiger partial charge in [-0.05, 0) is 30.2 Å². The average Bonchev–Trinajstić information content (AvgIpc) is 3.47. The molecule has 1 N–H and O–H groups in total. The Balaban J connectivity index is 1.48. The number of aryl methyl sites for hydroxylation is 1. The SMILES string of the molecule is CC(c1ccc(-n2cncn2)cc1)N(C)C(=O)[C@H]1CNC[C@@H]1c1cnn(C)c1. The fourth-order valence-corrected chi connectivity index (χ4v) is 3.84. The zero-order chi connectivity index (χ0) is 19.7. The first-order chi connectivity index (χ1) is 13.5. The number of aromatic nitrogens is 5. The predicted molar refractivity (Wildman–Crippen MR) is 105 cm³/mol. The van der Waals surface area contributed by atoms with E-state index in [1.165, 1.54) is 6.33 Å². The number of rotatable bonds is 5. The van der Waals surface area contributed by atoms with Gasteiger partial charge in [-0.15, -0.1) is 0 Å². The van der Waals surface area contributed by atoms with Gasteiger partial charge in [-0.1, -0.05) is 12.1 Å². The van der Waals surface area contributed by atoms with Crippen LogP contribution in [0.25, 0.3) is 5.69 Å². The highest BCUT2D eigenvalue weighted by molar-refractivity contribution is 5.81. The highest BCUT2D eigenvalue weighted by Crippen LogP contribution is 2.31. The van der Waals surface area contributed by atoms with Crippen LogP contribution in [0.2, 0.25) is 0 Å². The van der Waals surface area contributed by atoms with E-state index in [1.54, 1.807) is 15.7 Å². The largest absolute Gasteiger partial charge is 0.339 e. The van der Waals surface area contributed by atoms with Crippen LogP contribution in [0.15, 0.2) is 49.3 Å². The first-order valence-corrected chi connectivity index (χ1v) is 9.45. The molecule has 2 aromatic heterocycles. The summed E-state index contributed by atoms with van der Waals surface area (Å²) in [6.07, 6.45) is 7.05. The Labute approximate surface area is 164 Å². The van der Waals surface area contributed by atoms with Crippen LogP contribution < -0.4 is 5.32 Å². The molecule has 1 amide bonds. The van der Waals surface area contributed by atoms with Crippen molar-refractivity contribution in [2.45, 2.75) is 18.9 Å². The zero-order valence-electron chi connectivity index (χ0n) is 16.4. The fourth-order valence-electron chi connectivity index (χ4n) is 3.84. The van der Waals surface area contributed by atoms with Gasteiger partial charge in [0.1, 0.15) is 12.7 Å². The Hall–Kier alpha value is -3.00. The van der Waals surface area contributed by atoms with Gasteiger partial charge in [-0.25, -0.2) is 9.67 Å². The molecule has 28 heavy (non-hydrogen) atoms. The number of carbonyl (C=O) groups is 1. The van der Waals surface area contributed by atoms with Gasteiger partial charge < -0.3 is 10.2 Å². The van der Waals surface area contributed by atoms with Gasteiger partial charge in [-0.2, -0.15) is 10.2 Å². The second-order valence-corrected chi connectivity index (χ2v) is 7.38. The summed E-state index contributed by atoms with van der Waals surface area (Å²) in [6, 6.07) is 8.05. The van der Waals surface area contributed by atoms with Crippen molar-refractivity contribution >= 4 is 5.91 Å². The van der Waals surface area contributed by atoms with Crippen LogP contribution in [-0.4, -0.2) is 55.5 Å². The Morgan fingerprint density at radius 2 is 2.04 bits per heavy atom. The summed E-state index contributed by atoms with van der Waals surface area (Å²) in [5.41, 5.74) is 3.15. The summed E-state index contributed by atoms with van der Waals surface area (Å²) in [7, 11) is 3.79. The van der Waals surface area contributed by atoms with Gasteiger partial charge in [0.15, 0.2) is 0 Å². The number of nitrogens with zero attached hydrogens (tertiary/aromatic N) is 6. The van der Waals surface area contributed by atoms with Crippen LogP contribution in [0, 0.1) is 5.92 Å². The molecular weight excluding hydrogens is 354 g/mol. The topological polar surface area (TPSA) is 80.9 Å². The van der Waals surface area contributed by atoms with Gasteiger partial charge >= 0.3 is 0 Å². The van der Waals surface area contributed by atoms with Crippen molar-refractivity contribution in [2.75, 3.05) is 20.1 Å². The van der Waals surface area contributed by atoms with Gasteiger partial charge in [-0.3, -0.25) is 9.48 Å². The number of benzene rings is 1. The van der Waals surface area contributed by atoms with E-state index in [-0.39, 0.29) is 23.8 Å². The van der Waals surface area contributed by atoms with E-state index in [0.717, 1.165) is 23.4 Å². The lowest BCUT2D eigenvalue weighted by molar-refractivity contribution is -0.136. The summed E-state index contributed by atoms with van der Waals surface area (Å²) in [5, 5.41) is 11.8. The summed E-state index contributed by atoms with van der Waals surface area (Å²) < 4.78 is 3.50. The third-order valence-corrected chi connectivity index (χ3v) is 5.67. The normalized spacial score (nSPS) is 20.2. The Morgan fingerprint density at radius 3 is 2.68 bits per heavy atom. The minimum absolute atomic E-state index is 0.0209. The summed E-state index contributed by atoms with van der Waals surface area (Å²) in [4.78, 5) is 19.1. The molecule has 8 heteroatoms. The molecule has 3 atom stereocenters. The molecule has 146 valence electrons. The number of nitrogens with one attached hydrogen (secondary N) is 1. The molecule has 0 radical (unpaired) electrons. The van der Waals surface area contributed by atoms with E-state index in [0.29, 0.717) is 6.54 Å². The number of amides is 1. The van der Waals surface area contributed by atoms with Gasteiger partial charge in [0.05, 0.1) is 23.8 Å². The lowest BCUT2D eigenvalue weighted by atomic mass is 9.89. The molecule has 1 aliphatic heterocycles. The van der Waals surface area contributed by atoms with Crippen LogP contribution in [0.3, 0.4) is 0 Å². The smallest absolute Gasteiger partial charge is 0.227 e. The Kier molecular flexibility index (Phi) is 4.95. The maximum absolute atomic E-state index is 13.2. The van der Waals surface area contributed by atoms with Crippen LogP contribution in [0.5, 0.6) is 0 Å². The van der Waals surface area contributed by atoms with E-state index in [9.17, 15) is 4.79 Å². The first kappa shape index (κ1) is 18.4. The van der Waals surface area contributed by atoms with Crippen molar-refractivity contribution in [3.8, 4) is 5.69 Å². The van der Waals surface area contributed by atoms with Crippen LogP contribution >= 0.6 is 0 Å². The van der Waals surface area contributed by atoms with Gasteiger partial charge in [0, 0.05) is 39.3 Å². The second-order valence-electron chi connectivity index (χ2n) is 7.38. The molecule has 1 aliphatic rings. The van der Waals surface area contributed by atoms with Gasteiger partial charge in [0.25, 0.3) is 0 Å². The first-order valence-electron chi connectivity index (χ1n) is 9.45. The van der Waals surface area contributed by atoms with Gasteiger partial charge in [0.2, 0.25) is 5.91 Å². The third-order valence-electron chi connectivity index (χ3n) is 5.67. The highest BCUT2D eigenvalue weighted by Gasteiger charge is 2.37. The van der Waals surface area contributed by atoms with Crippen LogP contribution in [0.1, 0.15) is 30.0 Å².